The molecule has 0 bridgehead atoms. The van der Waals surface area contributed by atoms with Crippen LogP contribution in [0.5, 0.6) is 5.75 Å². The SMILES string of the molecule is CCC(C)N(C)/N=C\N(C=O)c1ccc(N2CCN(c3ccc(O)cc3)CC2)cc1. The van der Waals surface area contributed by atoms with E-state index in [2.05, 4.69) is 28.7 Å². The van der Waals surface area contributed by atoms with Gasteiger partial charge in [0.1, 0.15) is 12.1 Å². The zero-order chi connectivity index (χ0) is 21.5. The van der Waals surface area contributed by atoms with Gasteiger partial charge in [0.25, 0.3) is 0 Å². The molecule has 160 valence electrons. The van der Waals surface area contributed by atoms with E-state index in [0.717, 1.165) is 56.1 Å². The Morgan fingerprint density at radius 3 is 1.97 bits per heavy atom. The maximum atomic E-state index is 11.5. The van der Waals surface area contributed by atoms with Gasteiger partial charge in [-0.2, -0.15) is 5.10 Å². The second-order valence-corrected chi connectivity index (χ2v) is 7.58. The number of aromatic hydroxyl groups is 1. The van der Waals surface area contributed by atoms with E-state index in [0.29, 0.717) is 11.8 Å². The normalized spacial score (nSPS) is 15.3. The van der Waals surface area contributed by atoms with Gasteiger partial charge >= 0.3 is 0 Å². The molecule has 0 aliphatic carbocycles. The fraction of sp³-hybridized carbons (Fsp3) is 0.391. The fourth-order valence-electron chi connectivity index (χ4n) is 3.39. The molecular weight excluding hydrogens is 378 g/mol. The van der Waals surface area contributed by atoms with Crippen molar-refractivity contribution < 1.29 is 9.90 Å². The van der Waals surface area contributed by atoms with Crippen molar-refractivity contribution in [2.24, 2.45) is 5.10 Å². The predicted octanol–water partition coefficient (Wildman–Crippen LogP) is 3.36. The molecule has 1 N–H and O–H groups in total. The van der Waals surface area contributed by atoms with Gasteiger partial charge in [0.15, 0.2) is 0 Å². The molecule has 1 unspecified atom stereocenters. The number of amides is 1. The minimum atomic E-state index is 0.290. The van der Waals surface area contributed by atoms with Crippen molar-refractivity contribution >= 4 is 29.8 Å². The number of phenols is 1. The van der Waals surface area contributed by atoms with Gasteiger partial charge in [-0.05, 0) is 61.9 Å². The summed E-state index contributed by atoms with van der Waals surface area (Å²) in [6.45, 7) is 7.87. The number of hydrazone groups is 1. The Hall–Kier alpha value is -3.22. The Morgan fingerprint density at radius 2 is 1.50 bits per heavy atom. The van der Waals surface area contributed by atoms with Gasteiger partial charge in [-0.15, -0.1) is 0 Å². The Morgan fingerprint density at radius 1 is 1.00 bits per heavy atom. The lowest BCUT2D eigenvalue weighted by atomic mass is 10.2. The Kier molecular flexibility index (Phi) is 7.17. The highest BCUT2D eigenvalue weighted by Crippen LogP contribution is 2.24. The van der Waals surface area contributed by atoms with E-state index in [4.69, 9.17) is 0 Å². The first-order chi connectivity index (χ1) is 14.5. The van der Waals surface area contributed by atoms with Crippen molar-refractivity contribution in [3.8, 4) is 5.75 Å². The zero-order valence-electron chi connectivity index (χ0n) is 18.0. The number of nitrogens with zero attached hydrogens (tertiary/aromatic N) is 5. The first-order valence-electron chi connectivity index (χ1n) is 10.4. The van der Waals surface area contributed by atoms with Crippen LogP contribution in [0.4, 0.5) is 17.1 Å². The summed E-state index contributed by atoms with van der Waals surface area (Å²) in [6, 6.07) is 15.7. The van der Waals surface area contributed by atoms with Crippen LogP contribution in [0.15, 0.2) is 53.6 Å². The van der Waals surface area contributed by atoms with E-state index in [1.54, 1.807) is 18.5 Å². The molecule has 1 aliphatic rings. The van der Waals surface area contributed by atoms with Crippen LogP contribution in [0.3, 0.4) is 0 Å². The number of anilines is 3. The Bertz CT molecular complexity index is 830. The van der Waals surface area contributed by atoms with Gasteiger partial charge in [-0.3, -0.25) is 14.7 Å². The van der Waals surface area contributed by atoms with Crippen LogP contribution in [0.2, 0.25) is 0 Å². The molecule has 1 atom stereocenters. The molecule has 1 heterocycles. The number of carbonyl (C=O) groups is 1. The van der Waals surface area contributed by atoms with Crippen molar-refractivity contribution in [3.63, 3.8) is 0 Å². The van der Waals surface area contributed by atoms with E-state index in [9.17, 15) is 9.90 Å². The zero-order valence-corrected chi connectivity index (χ0v) is 18.0. The minimum absolute atomic E-state index is 0.290. The summed E-state index contributed by atoms with van der Waals surface area (Å²) >= 11 is 0. The molecule has 7 heteroatoms. The van der Waals surface area contributed by atoms with E-state index in [1.165, 1.54) is 4.90 Å². The number of rotatable bonds is 8. The first-order valence-corrected chi connectivity index (χ1v) is 10.4. The number of benzene rings is 2. The Balaban J connectivity index is 1.59. The van der Waals surface area contributed by atoms with Crippen LogP contribution < -0.4 is 14.7 Å². The lowest BCUT2D eigenvalue weighted by Gasteiger charge is -2.37. The van der Waals surface area contributed by atoms with Crippen LogP contribution in [-0.4, -0.2) is 62.1 Å². The number of phenolic OH excluding ortho intramolecular Hbond substituents is 1. The largest absolute Gasteiger partial charge is 0.508 e. The van der Waals surface area contributed by atoms with Crippen LogP contribution in [-0.2, 0) is 4.79 Å². The molecule has 2 aromatic rings. The lowest BCUT2D eigenvalue weighted by molar-refractivity contribution is -0.106. The van der Waals surface area contributed by atoms with E-state index in [1.807, 2.05) is 48.5 Å². The molecular formula is C23H31N5O2. The molecule has 2 aromatic carbocycles. The third kappa shape index (κ3) is 5.23. The van der Waals surface area contributed by atoms with Gasteiger partial charge < -0.3 is 14.9 Å². The van der Waals surface area contributed by atoms with Gasteiger partial charge in [-0.1, -0.05) is 6.92 Å². The summed E-state index contributed by atoms with van der Waals surface area (Å²) in [5, 5.41) is 15.7. The van der Waals surface area contributed by atoms with Crippen LogP contribution in [0.1, 0.15) is 20.3 Å². The number of hydrogen-bond acceptors (Lipinski definition) is 6. The summed E-state index contributed by atoms with van der Waals surface area (Å²) in [6.07, 6.45) is 3.33. The quantitative estimate of drug-likeness (QED) is 0.314. The topological polar surface area (TPSA) is 62.6 Å². The Labute approximate surface area is 178 Å². The third-order valence-electron chi connectivity index (χ3n) is 5.71. The van der Waals surface area contributed by atoms with Crippen molar-refractivity contribution in [1.29, 1.82) is 0 Å². The molecule has 3 rings (SSSR count). The number of hydrogen-bond donors (Lipinski definition) is 1. The van der Waals surface area contributed by atoms with Gasteiger partial charge in [0.2, 0.25) is 6.41 Å². The number of piperazine rings is 1. The van der Waals surface area contributed by atoms with Crippen molar-refractivity contribution in [1.82, 2.24) is 5.01 Å². The fourth-order valence-corrected chi connectivity index (χ4v) is 3.39. The standard InChI is InChI=1S/C23H31N5O2/c1-4-19(2)25(3)24-17-28(18-29)22-7-5-20(6-8-22)26-13-15-27(16-14-26)21-9-11-23(30)12-10-21/h5-12,17-19,30H,4,13-16H2,1-3H3/b24-17-. The average molecular weight is 410 g/mol. The van der Waals surface area contributed by atoms with Gasteiger partial charge in [0, 0.05) is 56.3 Å². The van der Waals surface area contributed by atoms with E-state index < -0.39 is 0 Å². The summed E-state index contributed by atoms with van der Waals surface area (Å²) in [5.74, 6) is 0.290. The second kappa shape index (κ2) is 10.0. The maximum Gasteiger partial charge on any atom is 0.219 e. The first kappa shape index (κ1) is 21.5. The molecule has 0 spiro atoms. The average Bonchev–Trinajstić information content (AvgIpc) is 2.80. The third-order valence-corrected chi connectivity index (χ3v) is 5.71. The highest BCUT2D eigenvalue weighted by molar-refractivity contribution is 5.97. The predicted molar refractivity (Wildman–Crippen MR) is 124 cm³/mol. The van der Waals surface area contributed by atoms with Crippen LogP contribution in [0, 0.1) is 0 Å². The molecule has 1 aliphatic heterocycles. The molecule has 1 saturated heterocycles. The maximum absolute atomic E-state index is 11.5. The van der Waals surface area contributed by atoms with E-state index in [-0.39, 0.29) is 0 Å². The van der Waals surface area contributed by atoms with Crippen molar-refractivity contribution in [2.45, 2.75) is 26.3 Å². The molecule has 7 nitrogen and oxygen atoms in total. The summed E-state index contributed by atoms with van der Waals surface area (Å²) in [7, 11) is 1.91. The van der Waals surface area contributed by atoms with E-state index >= 15 is 0 Å². The molecule has 0 saturated carbocycles. The second-order valence-electron chi connectivity index (χ2n) is 7.58. The van der Waals surface area contributed by atoms with Crippen molar-refractivity contribution in [2.75, 3.05) is 47.9 Å². The van der Waals surface area contributed by atoms with Gasteiger partial charge in [0.05, 0.1) is 0 Å². The molecule has 30 heavy (non-hydrogen) atoms. The monoisotopic (exact) mass is 409 g/mol. The highest BCUT2D eigenvalue weighted by Gasteiger charge is 2.18. The minimum Gasteiger partial charge on any atom is -0.508 e. The van der Waals surface area contributed by atoms with Crippen LogP contribution in [0.25, 0.3) is 0 Å². The molecule has 1 amide bonds. The van der Waals surface area contributed by atoms with Gasteiger partial charge in [-0.25, -0.2) is 0 Å². The lowest BCUT2D eigenvalue weighted by Crippen LogP contribution is -2.46. The number of carbonyl (C=O) groups excluding carboxylic acids is 1. The molecule has 0 radical (unpaired) electrons. The summed E-state index contributed by atoms with van der Waals surface area (Å²) < 4.78 is 0. The molecule has 0 aromatic heterocycles. The van der Waals surface area contributed by atoms with Crippen LogP contribution >= 0.6 is 0 Å². The summed E-state index contributed by atoms with van der Waals surface area (Å²) in [5.41, 5.74) is 3.06. The van der Waals surface area contributed by atoms with Crippen molar-refractivity contribution in [3.05, 3.63) is 48.5 Å². The molecule has 1 fully saturated rings. The smallest absolute Gasteiger partial charge is 0.219 e. The summed E-state index contributed by atoms with van der Waals surface area (Å²) in [4.78, 5) is 17.7. The highest BCUT2D eigenvalue weighted by atomic mass is 16.3.